The molecule has 1 amide bonds. The molecule has 2 atom stereocenters. The van der Waals surface area contributed by atoms with Crippen molar-refractivity contribution in [3.63, 3.8) is 0 Å². The van der Waals surface area contributed by atoms with Gasteiger partial charge in [0, 0.05) is 31.9 Å². The monoisotopic (exact) mass is 462 g/mol. The van der Waals surface area contributed by atoms with Crippen LogP contribution in [0.25, 0.3) is 22.3 Å². The maximum atomic E-state index is 12.7. The largest absolute Gasteiger partial charge is 0.507 e. The molecule has 8 heteroatoms. The Morgan fingerprint density at radius 3 is 2.85 bits per heavy atom. The number of carbonyl (C=O) groups is 1. The summed E-state index contributed by atoms with van der Waals surface area (Å²) in [4.78, 5) is 26.4. The second kappa shape index (κ2) is 9.46. The minimum Gasteiger partial charge on any atom is -0.507 e. The van der Waals surface area contributed by atoms with Gasteiger partial charge in [-0.1, -0.05) is 18.2 Å². The predicted molar refractivity (Wildman–Crippen MR) is 130 cm³/mol. The number of rotatable bonds is 4. The van der Waals surface area contributed by atoms with Crippen molar-refractivity contribution in [3.8, 4) is 17.1 Å². The fourth-order valence-corrected chi connectivity index (χ4v) is 4.69. The molecule has 0 saturated carbocycles. The Morgan fingerprint density at radius 2 is 2.06 bits per heavy atom. The molecule has 5 rings (SSSR count). The Kier molecular flexibility index (Phi) is 6.24. The highest BCUT2D eigenvalue weighted by Crippen LogP contribution is 2.33. The Labute approximate surface area is 199 Å². The summed E-state index contributed by atoms with van der Waals surface area (Å²) in [6.07, 6.45) is 2.11. The van der Waals surface area contributed by atoms with Crippen LogP contribution >= 0.6 is 0 Å². The van der Waals surface area contributed by atoms with Crippen LogP contribution in [0.3, 0.4) is 0 Å². The number of benzene rings is 2. The van der Waals surface area contributed by atoms with E-state index in [-0.39, 0.29) is 24.0 Å². The highest BCUT2D eigenvalue weighted by molar-refractivity contribution is 5.92. The van der Waals surface area contributed by atoms with Crippen LogP contribution in [0.5, 0.6) is 5.75 Å². The molecule has 2 aliphatic rings. The zero-order valence-corrected chi connectivity index (χ0v) is 19.6. The average Bonchev–Trinajstić information content (AvgIpc) is 3.36. The van der Waals surface area contributed by atoms with Crippen molar-refractivity contribution in [2.75, 3.05) is 38.3 Å². The van der Waals surface area contributed by atoms with Crippen molar-refractivity contribution in [2.45, 2.75) is 38.3 Å². The summed E-state index contributed by atoms with van der Waals surface area (Å²) in [5, 5.41) is 11.4. The first-order valence-corrected chi connectivity index (χ1v) is 11.8. The summed E-state index contributed by atoms with van der Waals surface area (Å²) in [6, 6.07) is 13.3. The van der Waals surface area contributed by atoms with Gasteiger partial charge < -0.3 is 24.4 Å². The van der Waals surface area contributed by atoms with Crippen LogP contribution in [0, 0.1) is 6.92 Å². The van der Waals surface area contributed by atoms with E-state index in [0.717, 1.165) is 48.1 Å². The maximum Gasteiger partial charge on any atom is 0.410 e. The summed E-state index contributed by atoms with van der Waals surface area (Å²) >= 11 is 0. The van der Waals surface area contributed by atoms with Crippen molar-refractivity contribution in [3.05, 3.63) is 48.0 Å². The summed E-state index contributed by atoms with van der Waals surface area (Å²) in [5.74, 6) is 1.46. The van der Waals surface area contributed by atoms with E-state index >= 15 is 0 Å². The molecule has 0 unspecified atom stereocenters. The molecule has 2 fully saturated rings. The fraction of sp³-hybridized carbons (Fsp3) is 0.423. The van der Waals surface area contributed by atoms with Gasteiger partial charge >= 0.3 is 6.09 Å². The number of piperidine rings is 1. The lowest BCUT2D eigenvalue weighted by atomic mass is 10.0. The topological polar surface area (TPSA) is 88.0 Å². The number of hydrogen-bond acceptors (Lipinski definition) is 7. The smallest absolute Gasteiger partial charge is 0.410 e. The molecule has 34 heavy (non-hydrogen) atoms. The minimum absolute atomic E-state index is 0.00705. The third-order valence-electron chi connectivity index (χ3n) is 6.66. The van der Waals surface area contributed by atoms with Gasteiger partial charge in [0.1, 0.15) is 17.7 Å². The lowest BCUT2D eigenvalue weighted by molar-refractivity contribution is 0.0496. The number of amides is 1. The van der Waals surface area contributed by atoms with Gasteiger partial charge in [-0.3, -0.25) is 0 Å². The number of hydrogen-bond donors (Lipinski definition) is 1. The van der Waals surface area contributed by atoms with E-state index in [2.05, 4.69) is 17.0 Å². The maximum absolute atomic E-state index is 12.7. The summed E-state index contributed by atoms with van der Waals surface area (Å²) in [7, 11) is 1.81. The zero-order valence-electron chi connectivity index (χ0n) is 19.6. The van der Waals surface area contributed by atoms with E-state index in [4.69, 9.17) is 19.4 Å². The normalized spacial score (nSPS) is 20.5. The quantitative estimate of drug-likeness (QED) is 0.623. The fourth-order valence-electron chi connectivity index (χ4n) is 4.69. The number of carbonyl (C=O) groups excluding carboxylic acids is 1. The molecule has 0 spiro atoms. The van der Waals surface area contributed by atoms with Gasteiger partial charge in [0.25, 0.3) is 0 Å². The highest BCUT2D eigenvalue weighted by atomic mass is 16.6. The lowest BCUT2D eigenvalue weighted by Gasteiger charge is -2.38. The summed E-state index contributed by atoms with van der Waals surface area (Å²) in [6.45, 7) is 4.62. The lowest BCUT2D eigenvalue weighted by Crippen LogP contribution is -2.49. The van der Waals surface area contributed by atoms with Crippen LogP contribution in [0.4, 0.5) is 10.6 Å². The third-order valence-corrected chi connectivity index (χ3v) is 6.66. The van der Waals surface area contributed by atoms with Crippen molar-refractivity contribution in [1.29, 1.82) is 0 Å². The second-order valence-corrected chi connectivity index (χ2v) is 9.13. The van der Waals surface area contributed by atoms with Crippen molar-refractivity contribution >= 4 is 22.8 Å². The van der Waals surface area contributed by atoms with E-state index in [1.807, 2.05) is 25.1 Å². The number of aryl methyl sites for hydroxylation is 1. The molecule has 2 aromatic carbocycles. The molecule has 0 radical (unpaired) electrons. The number of nitrogens with zero attached hydrogens (tertiary/aromatic N) is 4. The van der Waals surface area contributed by atoms with E-state index in [1.54, 1.807) is 24.1 Å². The SMILES string of the molecule is Cc1ccc2c(N3CCC[C@H](N(C)C(=O)O[C@H]4CCOC4)C3)nc(-c3ccccc3O)nc2c1. The number of ether oxygens (including phenoxy) is 2. The first-order valence-electron chi connectivity index (χ1n) is 11.8. The van der Waals surface area contributed by atoms with Crippen molar-refractivity contribution in [1.82, 2.24) is 14.9 Å². The van der Waals surface area contributed by atoms with Gasteiger partial charge in [0.15, 0.2) is 5.82 Å². The number of aromatic nitrogens is 2. The minimum atomic E-state index is -0.305. The van der Waals surface area contributed by atoms with E-state index in [1.165, 1.54) is 0 Å². The molecule has 1 aromatic heterocycles. The number of aromatic hydroxyl groups is 1. The molecule has 0 bridgehead atoms. The average molecular weight is 463 g/mol. The Bertz CT molecular complexity index is 1190. The van der Waals surface area contributed by atoms with Gasteiger partial charge in [0.2, 0.25) is 0 Å². The molecule has 3 heterocycles. The van der Waals surface area contributed by atoms with Crippen molar-refractivity contribution in [2.24, 2.45) is 0 Å². The summed E-state index contributed by atoms with van der Waals surface area (Å²) < 4.78 is 11.0. The number of phenols is 1. The highest BCUT2D eigenvalue weighted by Gasteiger charge is 2.31. The van der Waals surface area contributed by atoms with Gasteiger partial charge in [-0.15, -0.1) is 0 Å². The van der Waals surface area contributed by atoms with Crippen LogP contribution in [0.2, 0.25) is 0 Å². The summed E-state index contributed by atoms with van der Waals surface area (Å²) in [5.41, 5.74) is 2.54. The van der Waals surface area contributed by atoms with Crippen LogP contribution in [0.1, 0.15) is 24.8 Å². The van der Waals surface area contributed by atoms with E-state index in [9.17, 15) is 9.90 Å². The molecule has 1 N–H and O–H groups in total. The van der Waals surface area contributed by atoms with Gasteiger partial charge in [-0.2, -0.15) is 0 Å². The molecule has 3 aromatic rings. The standard InChI is InChI=1S/C26H30N4O4/c1-17-9-10-20-22(14-17)27-24(21-7-3-4-8-23(21)31)28-25(20)30-12-5-6-18(15-30)29(2)26(32)34-19-11-13-33-16-19/h3-4,7-10,14,18-19,31H,5-6,11-13,15-16H2,1-2H3/t18-,19-/m0/s1. The Hall–Kier alpha value is -3.39. The molecular weight excluding hydrogens is 432 g/mol. The number of likely N-dealkylation sites (N-methyl/N-ethyl adjacent to an activating group) is 1. The van der Waals surface area contributed by atoms with E-state index in [0.29, 0.717) is 31.1 Å². The Balaban J connectivity index is 1.45. The number of anilines is 1. The van der Waals surface area contributed by atoms with Crippen molar-refractivity contribution < 1.29 is 19.4 Å². The zero-order chi connectivity index (χ0) is 23.7. The first kappa shape index (κ1) is 22.4. The van der Waals surface area contributed by atoms with Gasteiger partial charge in [0.05, 0.1) is 30.3 Å². The Morgan fingerprint density at radius 1 is 1.21 bits per heavy atom. The van der Waals surface area contributed by atoms with Crippen LogP contribution < -0.4 is 4.90 Å². The molecular formula is C26H30N4O4. The molecule has 178 valence electrons. The second-order valence-electron chi connectivity index (χ2n) is 9.13. The third kappa shape index (κ3) is 4.50. The van der Waals surface area contributed by atoms with Crippen LogP contribution in [-0.2, 0) is 9.47 Å². The first-order chi connectivity index (χ1) is 16.5. The number of fused-ring (bicyclic) bond motifs is 1. The van der Waals surface area contributed by atoms with Gasteiger partial charge in [-0.05, 0) is 49.6 Å². The van der Waals surface area contributed by atoms with E-state index < -0.39 is 0 Å². The number of phenolic OH excluding ortho intramolecular Hbond substituents is 1. The molecule has 2 aliphatic heterocycles. The van der Waals surface area contributed by atoms with Crippen LogP contribution in [0.15, 0.2) is 42.5 Å². The number of para-hydroxylation sites is 1. The molecule has 2 saturated heterocycles. The van der Waals surface area contributed by atoms with Gasteiger partial charge in [-0.25, -0.2) is 14.8 Å². The molecule has 0 aliphatic carbocycles. The van der Waals surface area contributed by atoms with Crippen LogP contribution in [-0.4, -0.2) is 71.6 Å². The predicted octanol–water partition coefficient (Wildman–Crippen LogP) is 4.14. The molecule has 8 nitrogen and oxygen atoms in total.